The average molecular weight is 187 g/mol. The van der Waals surface area contributed by atoms with Crippen LogP contribution in [-0.2, 0) is 0 Å². The Hall–Kier alpha value is -1.64. The molecule has 0 amide bonds. The van der Waals surface area contributed by atoms with Crippen LogP contribution >= 0.6 is 0 Å². The fourth-order valence-corrected chi connectivity index (χ4v) is 1.29. The SMILES string of the molecule is CCN(C)c1ncc2ccccc2n1. The molecule has 0 unspecified atom stereocenters. The van der Waals surface area contributed by atoms with Gasteiger partial charge < -0.3 is 4.90 Å². The van der Waals surface area contributed by atoms with Gasteiger partial charge in [-0.1, -0.05) is 18.2 Å². The van der Waals surface area contributed by atoms with Crippen molar-refractivity contribution in [2.45, 2.75) is 6.92 Å². The molecule has 0 saturated carbocycles. The standard InChI is InChI=1S/C11H13N3/c1-3-14(2)11-12-8-9-6-4-5-7-10(9)13-11/h4-8H,3H2,1-2H3. The Morgan fingerprint density at radius 1 is 1.29 bits per heavy atom. The van der Waals surface area contributed by atoms with E-state index >= 15 is 0 Å². The first kappa shape index (κ1) is 8.94. The molecule has 1 aromatic heterocycles. The molecule has 3 heteroatoms. The van der Waals surface area contributed by atoms with Gasteiger partial charge in [0.1, 0.15) is 0 Å². The van der Waals surface area contributed by atoms with Gasteiger partial charge in [-0.05, 0) is 13.0 Å². The lowest BCUT2D eigenvalue weighted by Crippen LogP contribution is -2.18. The zero-order valence-electron chi connectivity index (χ0n) is 8.44. The van der Waals surface area contributed by atoms with Crippen molar-refractivity contribution in [2.75, 3.05) is 18.5 Å². The van der Waals surface area contributed by atoms with Gasteiger partial charge in [-0.3, -0.25) is 0 Å². The van der Waals surface area contributed by atoms with E-state index in [0.29, 0.717) is 0 Å². The second-order valence-electron chi connectivity index (χ2n) is 3.24. The molecule has 0 atom stereocenters. The monoisotopic (exact) mass is 187 g/mol. The third-order valence-corrected chi connectivity index (χ3v) is 2.29. The van der Waals surface area contributed by atoms with Crippen molar-refractivity contribution >= 4 is 16.9 Å². The molecule has 0 saturated heterocycles. The highest BCUT2D eigenvalue weighted by atomic mass is 15.2. The number of anilines is 1. The molecule has 0 fully saturated rings. The summed E-state index contributed by atoms with van der Waals surface area (Å²) in [7, 11) is 1.99. The van der Waals surface area contributed by atoms with Crippen LogP contribution in [0, 0.1) is 0 Å². The molecule has 0 radical (unpaired) electrons. The van der Waals surface area contributed by atoms with Crippen LogP contribution in [0.1, 0.15) is 6.92 Å². The van der Waals surface area contributed by atoms with Gasteiger partial charge in [-0.15, -0.1) is 0 Å². The van der Waals surface area contributed by atoms with Crippen LogP contribution in [0.4, 0.5) is 5.95 Å². The summed E-state index contributed by atoms with van der Waals surface area (Å²) in [5, 5.41) is 1.08. The van der Waals surface area contributed by atoms with Gasteiger partial charge in [0.05, 0.1) is 5.52 Å². The summed E-state index contributed by atoms with van der Waals surface area (Å²) in [4.78, 5) is 10.8. The molecule has 0 aliphatic rings. The highest BCUT2D eigenvalue weighted by molar-refractivity contribution is 5.78. The third kappa shape index (κ3) is 1.53. The summed E-state index contributed by atoms with van der Waals surface area (Å²) in [5.41, 5.74) is 0.998. The van der Waals surface area contributed by atoms with Gasteiger partial charge in [0.2, 0.25) is 5.95 Å². The number of hydrogen-bond donors (Lipinski definition) is 0. The largest absolute Gasteiger partial charge is 0.344 e. The van der Waals surface area contributed by atoms with Crippen LogP contribution in [0.5, 0.6) is 0 Å². The van der Waals surface area contributed by atoms with Crippen molar-refractivity contribution in [1.29, 1.82) is 0 Å². The lowest BCUT2D eigenvalue weighted by atomic mass is 10.2. The Kier molecular flexibility index (Phi) is 2.31. The van der Waals surface area contributed by atoms with Crippen molar-refractivity contribution in [3.8, 4) is 0 Å². The second kappa shape index (κ2) is 3.62. The van der Waals surface area contributed by atoms with E-state index in [0.717, 1.165) is 23.4 Å². The maximum atomic E-state index is 4.46. The molecule has 0 aliphatic carbocycles. The van der Waals surface area contributed by atoms with Gasteiger partial charge in [-0.25, -0.2) is 9.97 Å². The molecule has 0 N–H and O–H groups in total. The number of para-hydroxylation sites is 1. The molecule has 3 nitrogen and oxygen atoms in total. The highest BCUT2D eigenvalue weighted by Gasteiger charge is 2.02. The molecule has 2 aromatic rings. The molecule has 1 aromatic carbocycles. The number of aromatic nitrogens is 2. The molecule has 1 heterocycles. The van der Waals surface area contributed by atoms with E-state index in [2.05, 4.69) is 16.9 Å². The van der Waals surface area contributed by atoms with Crippen LogP contribution in [0.2, 0.25) is 0 Å². The van der Waals surface area contributed by atoms with Gasteiger partial charge in [0.15, 0.2) is 0 Å². The topological polar surface area (TPSA) is 29.0 Å². The fourth-order valence-electron chi connectivity index (χ4n) is 1.29. The molecular formula is C11H13N3. The normalized spacial score (nSPS) is 10.4. The lowest BCUT2D eigenvalue weighted by molar-refractivity contribution is 0.910. The maximum Gasteiger partial charge on any atom is 0.225 e. The summed E-state index contributed by atoms with van der Waals surface area (Å²) >= 11 is 0. The molecule has 72 valence electrons. The van der Waals surface area contributed by atoms with Crippen LogP contribution in [0.15, 0.2) is 30.5 Å². The number of hydrogen-bond acceptors (Lipinski definition) is 3. The van der Waals surface area contributed by atoms with Crippen LogP contribution in [-0.4, -0.2) is 23.6 Å². The summed E-state index contributed by atoms with van der Waals surface area (Å²) in [6.45, 7) is 3.00. The predicted molar refractivity (Wildman–Crippen MR) is 58.5 cm³/mol. The number of fused-ring (bicyclic) bond motifs is 1. The van der Waals surface area contributed by atoms with Crippen molar-refractivity contribution in [2.24, 2.45) is 0 Å². The Morgan fingerprint density at radius 3 is 2.86 bits per heavy atom. The summed E-state index contributed by atoms with van der Waals surface area (Å²) < 4.78 is 0. The van der Waals surface area contributed by atoms with Crippen molar-refractivity contribution in [1.82, 2.24) is 9.97 Å². The fraction of sp³-hybridized carbons (Fsp3) is 0.273. The van der Waals surface area contributed by atoms with Crippen molar-refractivity contribution < 1.29 is 0 Å². The van der Waals surface area contributed by atoms with E-state index in [1.807, 2.05) is 42.4 Å². The van der Waals surface area contributed by atoms with Crippen LogP contribution in [0.3, 0.4) is 0 Å². The second-order valence-corrected chi connectivity index (χ2v) is 3.24. The molecule has 0 bridgehead atoms. The first-order valence-electron chi connectivity index (χ1n) is 4.74. The smallest absolute Gasteiger partial charge is 0.225 e. The Labute approximate surface area is 83.4 Å². The van der Waals surface area contributed by atoms with E-state index in [-0.39, 0.29) is 0 Å². The minimum absolute atomic E-state index is 0.784. The average Bonchev–Trinajstić information content (AvgIpc) is 2.27. The van der Waals surface area contributed by atoms with E-state index in [4.69, 9.17) is 0 Å². The number of rotatable bonds is 2. The van der Waals surface area contributed by atoms with Gasteiger partial charge in [0.25, 0.3) is 0 Å². The molecular weight excluding hydrogens is 174 g/mol. The van der Waals surface area contributed by atoms with Gasteiger partial charge >= 0.3 is 0 Å². The minimum Gasteiger partial charge on any atom is -0.344 e. The van der Waals surface area contributed by atoms with Gasteiger partial charge in [0, 0.05) is 25.2 Å². The molecule has 0 aliphatic heterocycles. The zero-order valence-corrected chi connectivity index (χ0v) is 8.44. The number of benzene rings is 1. The van der Waals surface area contributed by atoms with Crippen LogP contribution in [0.25, 0.3) is 10.9 Å². The maximum absolute atomic E-state index is 4.46. The van der Waals surface area contributed by atoms with Crippen molar-refractivity contribution in [3.63, 3.8) is 0 Å². The molecule has 14 heavy (non-hydrogen) atoms. The predicted octanol–water partition coefficient (Wildman–Crippen LogP) is 2.09. The van der Waals surface area contributed by atoms with Crippen molar-refractivity contribution in [3.05, 3.63) is 30.5 Å². The molecule has 0 spiro atoms. The highest BCUT2D eigenvalue weighted by Crippen LogP contribution is 2.13. The van der Waals surface area contributed by atoms with E-state index < -0.39 is 0 Å². The Morgan fingerprint density at radius 2 is 2.07 bits per heavy atom. The summed E-state index contributed by atoms with van der Waals surface area (Å²) in [6, 6.07) is 8.01. The Balaban J connectivity index is 2.51. The van der Waals surface area contributed by atoms with E-state index in [9.17, 15) is 0 Å². The number of nitrogens with zero attached hydrogens (tertiary/aromatic N) is 3. The first-order chi connectivity index (χ1) is 6.81. The Bertz CT molecular complexity index is 439. The van der Waals surface area contributed by atoms with E-state index in [1.165, 1.54) is 0 Å². The summed E-state index contributed by atoms with van der Waals surface area (Å²) in [6.07, 6.45) is 1.86. The lowest BCUT2D eigenvalue weighted by Gasteiger charge is -2.13. The van der Waals surface area contributed by atoms with Crippen LogP contribution < -0.4 is 4.90 Å². The molecule has 2 rings (SSSR count). The quantitative estimate of drug-likeness (QED) is 0.720. The zero-order chi connectivity index (χ0) is 9.97. The van der Waals surface area contributed by atoms with Gasteiger partial charge in [-0.2, -0.15) is 0 Å². The van der Waals surface area contributed by atoms with E-state index in [1.54, 1.807) is 0 Å². The first-order valence-corrected chi connectivity index (χ1v) is 4.74. The minimum atomic E-state index is 0.784. The summed E-state index contributed by atoms with van der Waals surface area (Å²) in [5.74, 6) is 0.784. The third-order valence-electron chi connectivity index (χ3n) is 2.29.